The van der Waals surface area contributed by atoms with E-state index in [1.807, 2.05) is 6.07 Å². The lowest BCUT2D eigenvalue weighted by Crippen LogP contribution is -2.45. The summed E-state index contributed by atoms with van der Waals surface area (Å²) in [4.78, 5) is 0. The van der Waals surface area contributed by atoms with Gasteiger partial charge in [-0.15, -0.1) is 0 Å². The summed E-state index contributed by atoms with van der Waals surface area (Å²) in [6.07, 6.45) is 5.99. The predicted octanol–water partition coefficient (Wildman–Crippen LogP) is 3.64. The van der Waals surface area contributed by atoms with E-state index in [0.29, 0.717) is 0 Å². The van der Waals surface area contributed by atoms with Gasteiger partial charge in [0.1, 0.15) is 5.76 Å². The Morgan fingerprint density at radius 2 is 2.18 bits per heavy atom. The van der Waals surface area contributed by atoms with Crippen LogP contribution in [-0.2, 0) is 4.74 Å². The van der Waals surface area contributed by atoms with Crippen LogP contribution in [0, 0.1) is 5.92 Å². The third-order valence-electron chi connectivity index (χ3n) is 4.02. The average Bonchev–Trinajstić information content (AvgIpc) is 2.76. The summed E-state index contributed by atoms with van der Waals surface area (Å²) in [6, 6.07) is 1.67. The molecule has 2 N–H and O–H groups in total. The second-order valence-corrected chi connectivity index (χ2v) is 5.92. The van der Waals surface area contributed by atoms with E-state index in [-0.39, 0.29) is 11.6 Å². The van der Waals surface area contributed by atoms with Crippen molar-refractivity contribution in [2.24, 2.45) is 11.7 Å². The summed E-state index contributed by atoms with van der Waals surface area (Å²) in [6.45, 7) is 2.29. The van der Waals surface area contributed by atoms with Crippen molar-refractivity contribution in [1.82, 2.24) is 0 Å². The summed E-state index contributed by atoms with van der Waals surface area (Å²) in [7, 11) is 1.76. The van der Waals surface area contributed by atoms with E-state index in [4.69, 9.17) is 14.9 Å². The van der Waals surface area contributed by atoms with Gasteiger partial charge in [0.05, 0.1) is 22.4 Å². The maximum atomic E-state index is 6.36. The fourth-order valence-corrected chi connectivity index (χ4v) is 3.11. The molecule has 1 atom stereocenters. The van der Waals surface area contributed by atoms with Crippen molar-refractivity contribution < 1.29 is 9.15 Å². The van der Waals surface area contributed by atoms with Crippen molar-refractivity contribution >= 4 is 15.9 Å². The quantitative estimate of drug-likeness (QED) is 0.927. The zero-order valence-corrected chi connectivity index (χ0v) is 12.0. The SMILES string of the molecule is COC1(C(N)c2occc2Br)CCC(C)CC1. The van der Waals surface area contributed by atoms with E-state index in [1.54, 1.807) is 13.4 Å². The minimum absolute atomic E-state index is 0.204. The van der Waals surface area contributed by atoms with Crippen LogP contribution in [0.15, 0.2) is 21.2 Å². The van der Waals surface area contributed by atoms with Gasteiger partial charge in [-0.25, -0.2) is 0 Å². The highest BCUT2D eigenvalue weighted by atomic mass is 79.9. The molecule has 1 heterocycles. The molecule has 96 valence electrons. The Balaban J connectivity index is 2.21. The van der Waals surface area contributed by atoms with E-state index >= 15 is 0 Å². The van der Waals surface area contributed by atoms with E-state index in [0.717, 1.165) is 29.0 Å². The monoisotopic (exact) mass is 301 g/mol. The molecule has 2 rings (SSSR count). The number of hydrogen-bond donors (Lipinski definition) is 1. The fraction of sp³-hybridized carbons (Fsp3) is 0.692. The Kier molecular flexibility index (Phi) is 3.95. The standard InChI is InChI=1S/C13H20BrNO2/c1-9-3-6-13(16-2,7-4-9)12(15)11-10(14)5-8-17-11/h5,8-9,12H,3-4,6-7,15H2,1-2H3. The molecule has 1 unspecified atom stereocenters. The molecule has 0 saturated heterocycles. The molecule has 0 spiro atoms. The highest BCUT2D eigenvalue weighted by Gasteiger charge is 2.42. The van der Waals surface area contributed by atoms with Crippen molar-refractivity contribution in [2.75, 3.05) is 7.11 Å². The molecule has 1 aromatic heterocycles. The number of nitrogens with two attached hydrogens (primary N) is 1. The lowest BCUT2D eigenvalue weighted by atomic mass is 9.75. The van der Waals surface area contributed by atoms with Gasteiger partial charge in [0.25, 0.3) is 0 Å². The van der Waals surface area contributed by atoms with Crippen LogP contribution in [0.4, 0.5) is 0 Å². The highest BCUT2D eigenvalue weighted by Crippen LogP contribution is 2.43. The summed E-state index contributed by atoms with van der Waals surface area (Å²) < 4.78 is 12.2. The molecule has 0 aromatic carbocycles. The molecule has 0 radical (unpaired) electrons. The van der Waals surface area contributed by atoms with E-state index in [1.165, 1.54) is 12.8 Å². The number of methoxy groups -OCH3 is 1. The van der Waals surface area contributed by atoms with Crippen LogP contribution >= 0.6 is 15.9 Å². The number of halogens is 1. The Bertz CT molecular complexity index is 369. The Morgan fingerprint density at radius 1 is 1.53 bits per heavy atom. The molecule has 1 aromatic rings. The Labute approximate surface area is 111 Å². The molecule has 0 bridgehead atoms. The number of hydrogen-bond acceptors (Lipinski definition) is 3. The van der Waals surface area contributed by atoms with E-state index in [2.05, 4.69) is 22.9 Å². The van der Waals surface area contributed by atoms with Crippen LogP contribution in [0.3, 0.4) is 0 Å². The fourth-order valence-electron chi connectivity index (χ4n) is 2.66. The van der Waals surface area contributed by atoms with Crippen LogP contribution in [0.2, 0.25) is 0 Å². The highest BCUT2D eigenvalue weighted by molar-refractivity contribution is 9.10. The van der Waals surface area contributed by atoms with Crippen LogP contribution in [0.25, 0.3) is 0 Å². The van der Waals surface area contributed by atoms with Gasteiger partial charge in [-0.3, -0.25) is 0 Å². The minimum atomic E-state index is -0.271. The number of ether oxygens (including phenoxy) is 1. The van der Waals surface area contributed by atoms with Gasteiger partial charge in [0.15, 0.2) is 0 Å². The van der Waals surface area contributed by atoms with Gasteiger partial charge < -0.3 is 14.9 Å². The van der Waals surface area contributed by atoms with Crippen molar-refractivity contribution in [2.45, 2.75) is 44.2 Å². The van der Waals surface area contributed by atoms with Crippen LogP contribution in [-0.4, -0.2) is 12.7 Å². The zero-order valence-electron chi connectivity index (χ0n) is 10.4. The third-order valence-corrected chi connectivity index (χ3v) is 4.68. The first-order valence-electron chi connectivity index (χ1n) is 6.12. The molecule has 1 aliphatic rings. The Morgan fingerprint density at radius 3 is 2.65 bits per heavy atom. The Hall–Kier alpha value is -0.320. The van der Waals surface area contributed by atoms with Crippen molar-refractivity contribution in [3.8, 4) is 0 Å². The second-order valence-electron chi connectivity index (χ2n) is 5.06. The molecule has 0 aliphatic heterocycles. The molecule has 4 heteroatoms. The van der Waals surface area contributed by atoms with Gasteiger partial charge in [-0.05, 0) is 53.6 Å². The van der Waals surface area contributed by atoms with Crippen molar-refractivity contribution in [1.29, 1.82) is 0 Å². The normalized spacial score (nSPS) is 31.4. The summed E-state index contributed by atoms with van der Waals surface area (Å²) in [5.74, 6) is 1.56. The maximum Gasteiger partial charge on any atom is 0.137 e. The summed E-state index contributed by atoms with van der Waals surface area (Å²) >= 11 is 3.47. The van der Waals surface area contributed by atoms with Crippen LogP contribution in [0.1, 0.15) is 44.4 Å². The van der Waals surface area contributed by atoms with Gasteiger partial charge in [-0.2, -0.15) is 0 Å². The largest absolute Gasteiger partial charge is 0.466 e. The zero-order chi connectivity index (χ0) is 12.5. The molecule has 1 fully saturated rings. The molecule has 3 nitrogen and oxygen atoms in total. The smallest absolute Gasteiger partial charge is 0.137 e. The lowest BCUT2D eigenvalue weighted by molar-refractivity contribution is -0.0713. The molecular weight excluding hydrogens is 282 g/mol. The molecule has 0 amide bonds. The van der Waals surface area contributed by atoms with Gasteiger partial charge in [0, 0.05) is 7.11 Å². The topological polar surface area (TPSA) is 48.4 Å². The first kappa shape index (κ1) is 13.1. The molecular formula is C13H20BrNO2. The maximum absolute atomic E-state index is 6.36. The van der Waals surface area contributed by atoms with E-state index < -0.39 is 0 Å². The predicted molar refractivity (Wildman–Crippen MR) is 70.7 cm³/mol. The molecule has 1 saturated carbocycles. The number of rotatable bonds is 3. The van der Waals surface area contributed by atoms with Crippen LogP contribution in [0.5, 0.6) is 0 Å². The molecule has 1 aliphatic carbocycles. The third kappa shape index (κ3) is 2.44. The lowest BCUT2D eigenvalue weighted by Gasteiger charge is -2.41. The minimum Gasteiger partial charge on any atom is -0.466 e. The van der Waals surface area contributed by atoms with E-state index in [9.17, 15) is 0 Å². The average molecular weight is 302 g/mol. The van der Waals surface area contributed by atoms with Crippen molar-refractivity contribution in [3.05, 3.63) is 22.6 Å². The number of furan rings is 1. The first-order chi connectivity index (χ1) is 8.09. The molecule has 17 heavy (non-hydrogen) atoms. The van der Waals surface area contributed by atoms with Crippen LogP contribution < -0.4 is 5.73 Å². The van der Waals surface area contributed by atoms with Gasteiger partial charge >= 0.3 is 0 Å². The summed E-state index contributed by atoms with van der Waals surface area (Å²) in [5.41, 5.74) is 6.09. The first-order valence-corrected chi connectivity index (χ1v) is 6.92. The van der Waals surface area contributed by atoms with Gasteiger partial charge in [0.2, 0.25) is 0 Å². The summed E-state index contributed by atoms with van der Waals surface area (Å²) in [5, 5.41) is 0. The second kappa shape index (κ2) is 5.12. The van der Waals surface area contributed by atoms with Gasteiger partial charge in [-0.1, -0.05) is 6.92 Å². The van der Waals surface area contributed by atoms with Crippen molar-refractivity contribution in [3.63, 3.8) is 0 Å².